The number of hydrogen-bond donors (Lipinski definition) is 0. The standard InChI is InChI=1S/C16H16F2N4OS/c17-13-3-2-12(10-14(13)18)24-11-15(23)21-6-8-22(9-7-21)16-19-4-1-5-20-16/h1-5,10H,6-9,11H2. The van der Waals surface area contributed by atoms with Crippen LogP contribution in [0.25, 0.3) is 0 Å². The third-order valence-corrected chi connectivity index (χ3v) is 4.70. The molecule has 1 aromatic carbocycles. The van der Waals surface area contributed by atoms with E-state index in [-0.39, 0.29) is 11.7 Å². The second-order valence-corrected chi connectivity index (χ2v) is 6.33. The van der Waals surface area contributed by atoms with Gasteiger partial charge in [0.2, 0.25) is 11.9 Å². The van der Waals surface area contributed by atoms with Crippen LogP contribution in [-0.4, -0.2) is 52.7 Å². The molecule has 24 heavy (non-hydrogen) atoms. The van der Waals surface area contributed by atoms with Gasteiger partial charge in [0.15, 0.2) is 11.6 Å². The van der Waals surface area contributed by atoms with Gasteiger partial charge in [-0.25, -0.2) is 18.7 Å². The van der Waals surface area contributed by atoms with Gasteiger partial charge < -0.3 is 9.80 Å². The number of amides is 1. The third kappa shape index (κ3) is 4.00. The van der Waals surface area contributed by atoms with E-state index >= 15 is 0 Å². The van der Waals surface area contributed by atoms with Crippen molar-refractivity contribution in [3.63, 3.8) is 0 Å². The number of anilines is 1. The van der Waals surface area contributed by atoms with Crippen LogP contribution in [0.5, 0.6) is 0 Å². The van der Waals surface area contributed by atoms with Crippen molar-refractivity contribution in [1.82, 2.24) is 14.9 Å². The van der Waals surface area contributed by atoms with Crippen LogP contribution in [0.4, 0.5) is 14.7 Å². The lowest BCUT2D eigenvalue weighted by atomic mass is 10.3. The Balaban J connectivity index is 1.49. The smallest absolute Gasteiger partial charge is 0.233 e. The van der Waals surface area contributed by atoms with Gasteiger partial charge in [0.05, 0.1) is 5.75 Å². The second kappa shape index (κ2) is 7.57. The molecule has 1 amide bonds. The first-order valence-corrected chi connectivity index (χ1v) is 8.49. The number of carbonyl (C=O) groups excluding carboxylic acids is 1. The van der Waals surface area contributed by atoms with E-state index in [9.17, 15) is 13.6 Å². The highest BCUT2D eigenvalue weighted by molar-refractivity contribution is 8.00. The Bertz CT molecular complexity index is 708. The van der Waals surface area contributed by atoms with E-state index in [0.717, 1.165) is 12.1 Å². The summed E-state index contributed by atoms with van der Waals surface area (Å²) in [5.74, 6) is -0.930. The highest BCUT2D eigenvalue weighted by Crippen LogP contribution is 2.21. The Kier molecular flexibility index (Phi) is 5.24. The van der Waals surface area contributed by atoms with Crippen molar-refractivity contribution in [2.75, 3.05) is 36.8 Å². The molecule has 0 unspecified atom stereocenters. The first-order valence-electron chi connectivity index (χ1n) is 7.51. The summed E-state index contributed by atoms with van der Waals surface area (Å²) in [6.07, 6.45) is 3.39. The van der Waals surface area contributed by atoms with Gasteiger partial charge in [-0.2, -0.15) is 0 Å². The second-order valence-electron chi connectivity index (χ2n) is 5.28. The summed E-state index contributed by atoms with van der Waals surface area (Å²) in [6, 6.07) is 5.42. The SMILES string of the molecule is O=C(CSc1ccc(F)c(F)c1)N1CCN(c2ncccn2)CC1. The minimum atomic E-state index is -0.899. The molecular formula is C16H16F2N4OS. The minimum Gasteiger partial charge on any atom is -0.338 e. The third-order valence-electron chi connectivity index (χ3n) is 3.72. The zero-order valence-corrected chi connectivity index (χ0v) is 13.7. The predicted molar refractivity (Wildman–Crippen MR) is 87.9 cm³/mol. The van der Waals surface area contributed by atoms with Crippen molar-refractivity contribution in [1.29, 1.82) is 0 Å². The number of hydrogen-bond acceptors (Lipinski definition) is 5. The Morgan fingerprint density at radius 1 is 1.08 bits per heavy atom. The van der Waals surface area contributed by atoms with Gasteiger partial charge in [-0.05, 0) is 24.3 Å². The molecule has 1 aliphatic rings. The summed E-state index contributed by atoms with van der Waals surface area (Å²) < 4.78 is 26.1. The van der Waals surface area contributed by atoms with Crippen LogP contribution < -0.4 is 4.90 Å². The molecule has 0 radical (unpaired) electrons. The van der Waals surface area contributed by atoms with Crippen molar-refractivity contribution in [3.05, 3.63) is 48.3 Å². The molecule has 8 heteroatoms. The number of nitrogens with zero attached hydrogens (tertiary/aromatic N) is 4. The maximum atomic E-state index is 13.2. The molecule has 0 bridgehead atoms. The van der Waals surface area contributed by atoms with E-state index in [1.54, 1.807) is 23.4 Å². The number of benzene rings is 1. The predicted octanol–water partition coefficient (Wildman–Crippen LogP) is 2.20. The molecule has 2 aromatic rings. The quantitative estimate of drug-likeness (QED) is 0.791. The molecule has 3 rings (SSSR count). The molecule has 0 N–H and O–H groups in total. The van der Waals surface area contributed by atoms with Crippen LogP contribution in [0, 0.1) is 11.6 Å². The monoisotopic (exact) mass is 350 g/mol. The minimum absolute atomic E-state index is 0.0154. The van der Waals surface area contributed by atoms with Crippen molar-refractivity contribution < 1.29 is 13.6 Å². The first-order chi connectivity index (χ1) is 11.6. The number of carbonyl (C=O) groups is 1. The molecule has 0 atom stereocenters. The molecule has 0 saturated carbocycles. The molecule has 0 aliphatic carbocycles. The Morgan fingerprint density at radius 3 is 2.46 bits per heavy atom. The van der Waals surface area contributed by atoms with Gasteiger partial charge in [0.1, 0.15) is 0 Å². The number of piperazine rings is 1. The van der Waals surface area contributed by atoms with Crippen LogP contribution in [0.1, 0.15) is 0 Å². The van der Waals surface area contributed by atoms with Crippen molar-refractivity contribution >= 4 is 23.6 Å². The van der Waals surface area contributed by atoms with Gasteiger partial charge in [-0.1, -0.05) is 0 Å². The van der Waals surface area contributed by atoms with Crippen LogP contribution >= 0.6 is 11.8 Å². The molecule has 2 heterocycles. The van der Waals surface area contributed by atoms with Crippen molar-refractivity contribution in [2.24, 2.45) is 0 Å². The lowest BCUT2D eigenvalue weighted by Crippen LogP contribution is -2.49. The van der Waals surface area contributed by atoms with Gasteiger partial charge in [-0.3, -0.25) is 4.79 Å². The van der Waals surface area contributed by atoms with Crippen molar-refractivity contribution in [2.45, 2.75) is 4.90 Å². The summed E-state index contributed by atoms with van der Waals surface area (Å²) in [7, 11) is 0. The fourth-order valence-electron chi connectivity index (χ4n) is 2.41. The topological polar surface area (TPSA) is 49.3 Å². The summed E-state index contributed by atoms with van der Waals surface area (Å²) in [5.41, 5.74) is 0. The maximum absolute atomic E-state index is 13.2. The van der Waals surface area contributed by atoms with Gasteiger partial charge in [-0.15, -0.1) is 11.8 Å². The molecular weight excluding hydrogens is 334 g/mol. The molecule has 0 spiro atoms. The Morgan fingerprint density at radius 2 is 1.79 bits per heavy atom. The van der Waals surface area contributed by atoms with Crippen LogP contribution in [0.15, 0.2) is 41.6 Å². The lowest BCUT2D eigenvalue weighted by Gasteiger charge is -2.34. The summed E-state index contributed by atoms with van der Waals surface area (Å²) in [5, 5.41) is 0. The van der Waals surface area contributed by atoms with Crippen LogP contribution in [0.3, 0.4) is 0 Å². The molecule has 1 saturated heterocycles. The highest BCUT2D eigenvalue weighted by atomic mass is 32.2. The van der Waals surface area contributed by atoms with Crippen LogP contribution in [0.2, 0.25) is 0 Å². The number of thioether (sulfide) groups is 1. The maximum Gasteiger partial charge on any atom is 0.233 e. The average molecular weight is 350 g/mol. The molecule has 126 valence electrons. The fourth-order valence-corrected chi connectivity index (χ4v) is 3.24. The molecule has 1 aromatic heterocycles. The number of halogens is 2. The average Bonchev–Trinajstić information content (AvgIpc) is 2.63. The summed E-state index contributed by atoms with van der Waals surface area (Å²) >= 11 is 1.21. The van der Waals surface area contributed by atoms with E-state index in [0.29, 0.717) is 37.0 Å². The zero-order chi connectivity index (χ0) is 16.9. The Hall–Kier alpha value is -2.22. The highest BCUT2D eigenvalue weighted by Gasteiger charge is 2.22. The largest absolute Gasteiger partial charge is 0.338 e. The Labute approximate surface area is 142 Å². The van der Waals surface area contributed by atoms with E-state index < -0.39 is 11.6 Å². The molecule has 1 aliphatic heterocycles. The van der Waals surface area contributed by atoms with E-state index in [1.165, 1.54) is 17.8 Å². The zero-order valence-electron chi connectivity index (χ0n) is 12.9. The van der Waals surface area contributed by atoms with E-state index in [4.69, 9.17) is 0 Å². The number of rotatable bonds is 4. The lowest BCUT2D eigenvalue weighted by molar-refractivity contribution is -0.128. The first kappa shape index (κ1) is 16.6. The molecule has 5 nitrogen and oxygen atoms in total. The fraction of sp³-hybridized carbons (Fsp3) is 0.312. The summed E-state index contributed by atoms with van der Waals surface area (Å²) in [6.45, 7) is 2.53. The van der Waals surface area contributed by atoms with E-state index in [1.807, 2.05) is 4.90 Å². The van der Waals surface area contributed by atoms with Crippen molar-refractivity contribution in [3.8, 4) is 0 Å². The summed E-state index contributed by atoms with van der Waals surface area (Å²) in [4.78, 5) is 25.0. The van der Waals surface area contributed by atoms with Gasteiger partial charge >= 0.3 is 0 Å². The van der Waals surface area contributed by atoms with Crippen LogP contribution in [-0.2, 0) is 4.79 Å². The molecule has 1 fully saturated rings. The van der Waals surface area contributed by atoms with Gasteiger partial charge in [0, 0.05) is 43.5 Å². The normalized spacial score (nSPS) is 14.8. The number of aromatic nitrogens is 2. The van der Waals surface area contributed by atoms with E-state index in [2.05, 4.69) is 9.97 Å². The van der Waals surface area contributed by atoms with Gasteiger partial charge in [0.25, 0.3) is 0 Å².